The van der Waals surface area contributed by atoms with Gasteiger partial charge in [-0.15, -0.1) is 0 Å². The Morgan fingerprint density at radius 1 is 0.845 bits per heavy atom. The number of hydrogen-bond donors (Lipinski definition) is 3. The number of nitrogens with one attached hydrogen (secondary N) is 1. The minimum atomic E-state index is -4.50. The van der Waals surface area contributed by atoms with Crippen molar-refractivity contribution in [1.82, 2.24) is 5.32 Å². The van der Waals surface area contributed by atoms with Crippen LogP contribution in [0.2, 0.25) is 0 Å². The highest BCUT2D eigenvalue weighted by Crippen LogP contribution is 2.67. The Morgan fingerprint density at radius 3 is 2.26 bits per heavy atom. The minimum Gasteiger partial charge on any atom is -0.756 e. The molecule has 3 fully saturated rings. The lowest BCUT2D eigenvalue weighted by molar-refractivity contribution is -0.227. The SMILES string of the molecule is CC(C)CCC[C@H](C)[C@@H]1CCC2C3CC=C4C[C@H](OC(=O)NCCCOCCOCCOCCOCC(O)COP(=O)([O-])OCCCCO)CC[C@@]4(C)C3CC[C@]21C. The normalized spacial score (nSPS) is 30.2. The topological polar surface area (TPSA) is 174 Å². The number of fused-ring (bicyclic) bond motifs is 5. The van der Waals surface area contributed by atoms with Crippen LogP contribution >= 0.6 is 7.82 Å². The number of carbonyl (C=O) groups is 1. The zero-order valence-electron chi connectivity index (χ0n) is 36.5. The number of rotatable bonds is 29. The van der Waals surface area contributed by atoms with Crippen molar-refractivity contribution in [3.63, 3.8) is 0 Å². The predicted molar refractivity (Wildman–Crippen MR) is 221 cm³/mol. The van der Waals surface area contributed by atoms with E-state index in [2.05, 4.69) is 55.1 Å². The first-order valence-corrected chi connectivity index (χ1v) is 24.1. The molecule has 1 amide bonds. The van der Waals surface area contributed by atoms with E-state index in [0.29, 0.717) is 64.3 Å². The molecule has 0 radical (unpaired) electrons. The number of aliphatic hydroxyl groups is 2. The van der Waals surface area contributed by atoms with Crippen LogP contribution in [-0.4, -0.2) is 108 Å². The molecule has 5 unspecified atom stereocenters. The van der Waals surface area contributed by atoms with Gasteiger partial charge in [0.2, 0.25) is 0 Å². The van der Waals surface area contributed by atoms with E-state index in [-0.39, 0.29) is 50.6 Å². The van der Waals surface area contributed by atoms with Crippen molar-refractivity contribution >= 4 is 13.9 Å². The van der Waals surface area contributed by atoms with Crippen LogP contribution in [0.1, 0.15) is 125 Å². The zero-order chi connectivity index (χ0) is 42.0. The summed E-state index contributed by atoms with van der Waals surface area (Å²) >= 11 is 0. The van der Waals surface area contributed by atoms with E-state index in [9.17, 15) is 19.4 Å². The van der Waals surface area contributed by atoms with Gasteiger partial charge >= 0.3 is 6.09 Å². The van der Waals surface area contributed by atoms with Gasteiger partial charge in [0.15, 0.2) is 0 Å². The third kappa shape index (κ3) is 15.3. The van der Waals surface area contributed by atoms with Gasteiger partial charge in [-0.1, -0.05) is 65.5 Å². The number of ether oxygens (including phenoxy) is 5. The molecule has 0 aliphatic heterocycles. The van der Waals surface area contributed by atoms with Crippen molar-refractivity contribution in [2.45, 2.75) is 137 Å². The molecule has 58 heavy (non-hydrogen) atoms. The van der Waals surface area contributed by atoms with Gasteiger partial charge in [-0.25, -0.2) is 4.79 Å². The largest absolute Gasteiger partial charge is 0.756 e. The number of amides is 1. The molecule has 4 rings (SSSR count). The van der Waals surface area contributed by atoms with Crippen LogP contribution in [-0.2, 0) is 37.3 Å². The van der Waals surface area contributed by atoms with E-state index in [1.807, 2.05) is 0 Å². The number of hydrogen-bond acceptors (Lipinski definition) is 12. The van der Waals surface area contributed by atoms with E-state index in [1.165, 1.54) is 51.4 Å². The number of phosphoric ester groups is 1. The van der Waals surface area contributed by atoms with Crippen molar-refractivity contribution < 1.29 is 57.2 Å². The first kappa shape index (κ1) is 49.5. The molecule has 338 valence electrons. The molecule has 14 heteroatoms. The summed E-state index contributed by atoms with van der Waals surface area (Å²) in [5, 5.41) is 21.4. The summed E-state index contributed by atoms with van der Waals surface area (Å²) in [5.41, 5.74) is 2.28. The number of alkyl carbamates (subject to hydrolysis) is 1. The van der Waals surface area contributed by atoms with Gasteiger partial charge in [0.1, 0.15) is 12.2 Å². The second kappa shape index (κ2) is 25.1. The number of aliphatic hydroxyl groups excluding tert-OH is 2. The maximum Gasteiger partial charge on any atom is 0.407 e. The molecule has 3 N–H and O–H groups in total. The smallest absolute Gasteiger partial charge is 0.407 e. The third-order valence-corrected chi connectivity index (χ3v) is 14.9. The first-order chi connectivity index (χ1) is 27.8. The van der Waals surface area contributed by atoms with E-state index in [1.54, 1.807) is 5.57 Å². The molecular weight excluding hydrogens is 765 g/mol. The van der Waals surface area contributed by atoms with Crippen LogP contribution in [0.3, 0.4) is 0 Å². The Bertz CT molecular complexity index is 1270. The van der Waals surface area contributed by atoms with Crippen molar-refractivity contribution in [3.05, 3.63) is 11.6 Å². The fraction of sp³-hybridized carbons (Fsp3) is 0.932. The number of carbonyl (C=O) groups excluding carboxylic acids is 1. The van der Waals surface area contributed by atoms with Gasteiger partial charge in [0, 0.05) is 26.2 Å². The fourth-order valence-corrected chi connectivity index (χ4v) is 11.6. The van der Waals surface area contributed by atoms with Crippen LogP contribution in [0.5, 0.6) is 0 Å². The summed E-state index contributed by atoms with van der Waals surface area (Å²) in [7, 11) is -4.50. The van der Waals surface area contributed by atoms with Crippen molar-refractivity contribution in [3.8, 4) is 0 Å². The number of phosphoric acid groups is 1. The van der Waals surface area contributed by atoms with Crippen molar-refractivity contribution in [1.29, 1.82) is 0 Å². The molecule has 0 bridgehead atoms. The number of unbranched alkanes of at least 4 members (excludes halogenated alkanes) is 1. The maximum atomic E-state index is 12.7. The molecular formula is C44H79NO12P-. The van der Waals surface area contributed by atoms with Gasteiger partial charge in [0.25, 0.3) is 7.82 Å². The fourth-order valence-electron chi connectivity index (χ4n) is 10.8. The van der Waals surface area contributed by atoms with Crippen LogP contribution in [0.25, 0.3) is 0 Å². The average molecular weight is 845 g/mol. The summed E-state index contributed by atoms with van der Waals surface area (Å²) in [5.74, 6) is 4.92. The van der Waals surface area contributed by atoms with Crippen LogP contribution in [0, 0.1) is 46.3 Å². The van der Waals surface area contributed by atoms with E-state index >= 15 is 0 Å². The summed E-state index contributed by atoms with van der Waals surface area (Å²) in [6.07, 6.45) is 16.3. The molecule has 10 atom stereocenters. The number of allylic oxidation sites excluding steroid dienone is 1. The van der Waals surface area contributed by atoms with Crippen LogP contribution < -0.4 is 10.2 Å². The van der Waals surface area contributed by atoms with Crippen LogP contribution in [0.15, 0.2) is 11.6 Å². The molecule has 0 saturated heterocycles. The summed E-state index contributed by atoms with van der Waals surface area (Å²) < 4.78 is 48.7. The van der Waals surface area contributed by atoms with Gasteiger partial charge in [-0.05, 0) is 111 Å². The summed E-state index contributed by atoms with van der Waals surface area (Å²) in [4.78, 5) is 24.3. The van der Waals surface area contributed by atoms with Gasteiger partial charge in [-0.3, -0.25) is 4.57 Å². The summed E-state index contributed by atoms with van der Waals surface area (Å²) in [6.45, 7) is 14.8. The standard InChI is InChI=1S/C44H80NO12P/c1-33(2)10-8-11-34(3)39-14-15-40-38-13-12-35-30-37(16-18-43(35,4)41(38)17-19-44(39,40)5)57-42(48)45-20-9-22-51-24-25-52-26-27-53-28-29-54-31-36(47)32-56-58(49,50)55-23-7-6-21-46/h12,33-34,36-41,46-47H,6-11,13-32H2,1-5H3,(H,45,48)(H,49,50)/p-1/t34-,36?,37+,38?,39-,40?,41?,43+,44-/m0/s1. The Labute approximate surface area is 349 Å². The zero-order valence-corrected chi connectivity index (χ0v) is 37.4. The highest BCUT2D eigenvalue weighted by atomic mass is 31.2. The highest BCUT2D eigenvalue weighted by Gasteiger charge is 2.59. The van der Waals surface area contributed by atoms with Crippen molar-refractivity contribution in [2.75, 3.05) is 79.2 Å². The molecule has 0 aromatic heterocycles. The molecule has 0 aromatic carbocycles. The minimum absolute atomic E-state index is 0.0468. The molecule has 0 heterocycles. The Kier molecular flexibility index (Phi) is 21.4. The molecule has 0 spiro atoms. The first-order valence-electron chi connectivity index (χ1n) is 22.6. The molecule has 0 aromatic rings. The van der Waals surface area contributed by atoms with E-state index in [0.717, 1.165) is 54.8 Å². The van der Waals surface area contributed by atoms with E-state index < -0.39 is 20.5 Å². The Morgan fingerprint density at radius 2 is 1.55 bits per heavy atom. The van der Waals surface area contributed by atoms with Gasteiger partial charge in [0.05, 0.1) is 59.5 Å². The Hall–Kier alpha value is -1.12. The second-order valence-electron chi connectivity index (χ2n) is 18.4. The predicted octanol–water partition coefficient (Wildman–Crippen LogP) is 7.21. The lowest BCUT2D eigenvalue weighted by atomic mass is 9.47. The average Bonchev–Trinajstić information content (AvgIpc) is 3.54. The monoisotopic (exact) mass is 845 g/mol. The summed E-state index contributed by atoms with van der Waals surface area (Å²) in [6, 6.07) is 0. The second-order valence-corrected chi connectivity index (χ2v) is 19.8. The van der Waals surface area contributed by atoms with E-state index in [4.69, 9.17) is 28.8 Å². The maximum absolute atomic E-state index is 12.7. The lowest BCUT2D eigenvalue weighted by Crippen LogP contribution is -2.51. The molecule has 13 nitrogen and oxygen atoms in total. The van der Waals surface area contributed by atoms with Gasteiger partial charge < -0.3 is 53.2 Å². The highest BCUT2D eigenvalue weighted by molar-refractivity contribution is 7.45. The third-order valence-electron chi connectivity index (χ3n) is 13.9. The Balaban J connectivity index is 0.983. The quantitative estimate of drug-likeness (QED) is 0.0393. The molecule has 4 aliphatic carbocycles. The molecule has 3 saturated carbocycles. The van der Waals surface area contributed by atoms with Gasteiger partial charge in [-0.2, -0.15) is 0 Å². The van der Waals surface area contributed by atoms with Crippen LogP contribution in [0.4, 0.5) is 4.79 Å². The lowest BCUT2D eigenvalue weighted by Gasteiger charge is -2.58. The molecule has 4 aliphatic rings. The van der Waals surface area contributed by atoms with Crippen molar-refractivity contribution in [2.24, 2.45) is 46.3 Å².